The molecule has 1 aromatic carbocycles. The van der Waals surface area contributed by atoms with Crippen molar-refractivity contribution in [2.24, 2.45) is 0 Å². The predicted molar refractivity (Wildman–Crippen MR) is 75.9 cm³/mol. The average molecular weight is 277 g/mol. The van der Waals surface area contributed by atoms with Crippen LogP contribution < -0.4 is 5.73 Å². The summed E-state index contributed by atoms with van der Waals surface area (Å²) in [4.78, 5) is 4.05. The van der Waals surface area contributed by atoms with Crippen LogP contribution in [-0.2, 0) is 11.5 Å². The van der Waals surface area contributed by atoms with Gasteiger partial charge in [-0.25, -0.2) is 4.98 Å². The number of nitrogens with zero attached hydrogens (tertiary/aromatic N) is 2. The first kappa shape index (κ1) is 13.7. The van der Waals surface area contributed by atoms with Gasteiger partial charge in [0, 0.05) is 6.07 Å². The molecule has 0 atom stereocenters. The number of hydrogen-bond donors (Lipinski definition) is 2. The van der Waals surface area contributed by atoms with Crippen LogP contribution >= 0.6 is 12.2 Å². The lowest BCUT2D eigenvalue weighted by atomic mass is 10.1. The summed E-state index contributed by atoms with van der Waals surface area (Å²) in [6.07, 6.45) is 0. The standard InChI is InChI=1S/C13H15N3O2S/c14-12-8-11(10-4-2-1-3-5-10)16(13(19)15-12)9-18-7-6-17/h1-5,8,17H,6-7,9H2,(H2,14,15,19). The first-order valence-corrected chi connectivity index (χ1v) is 6.24. The molecule has 19 heavy (non-hydrogen) atoms. The molecular weight excluding hydrogens is 262 g/mol. The number of hydrogen-bond acceptors (Lipinski definition) is 5. The fourth-order valence-electron chi connectivity index (χ4n) is 1.72. The van der Waals surface area contributed by atoms with Gasteiger partial charge in [0.2, 0.25) is 4.77 Å². The van der Waals surface area contributed by atoms with E-state index in [9.17, 15) is 0 Å². The van der Waals surface area contributed by atoms with Crippen LogP contribution in [0, 0.1) is 4.77 Å². The molecule has 0 aliphatic rings. The highest BCUT2D eigenvalue weighted by atomic mass is 32.1. The molecule has 2 aromatic rings. The van der Waals surface area contributed by atoms with Crippen molar-refractivity contribution in [3.05, 3.63) is 41.2 Å². The van der Waals surface area contributed by atoms with Gasteiger partial charge in [0.05, 0.1) is 18.9 Å². The number of nitrogen functional groups attached to an aromatic ring is 1. The third-order valence-corrected chi connectivity index (χ3v) is 2.87. The highest BCUT2D eigenvalue weighted by Gasteiger charge is 2.07. The minimum absolute atomic E-state index is 0.0314. The van der Waals surface area contributed by atoms with Gasteiger partial charge in [-0.3, -0.25) is 4.57 Å². The summed E-state index contributed by atoms with van der Waals surface area (Å²) in [6, 6.07) is 11.5. The molecule has 0 saturated carbocycles. The van der Waals surface area contributed by atoms with E-state index in [1.807, 2.05) is 30.3 Å². The Kier molecular flexibility index (Phi) is 4.62. The van der Waals surface area contributed by atoms with Gasteiger partial charge >= 0.3 is 0 Å². The van der Waals surface area contributed by atoms with Gasteiger partial charge < -0.3 is 15.6 Å². The van der Waals surface area contributed by atoms with Gasteiger partial charge in [0.25, 0.3) is 0 Å². The highest BCUT2D eigenvalue weighted by Crippen LogP contribution is 2.21. The molecule has 3 N–H and O–H groups in total. The number of aliphatic hydroxyl groups is 1. The number of rotatable bonds is 5. The van der Waals surface area contributed by atoms with Crippen LogP contribution in [0.25, 0.3) is 11.3 Å². The Morgan fingerprint density at radius 1 is 1.32 bits per heavy atom. The highest BCUT2D eigenvalue weighted by molar-refractivity contribution is 7.71. The van der Waals surface area contributed by atoms with E-state index in [4.69, 9.17) is 27.8 Å². The van der Waals surface area contributed by atoms with E-state index in [1.165, 1.54) is 0 Å². The summed E-state index contributed by atoms with van der Waals surface area (Å²) in [5.74, 6) is 0.377. The summed E-state index contributed by atoms with van der Waals surface area (Å²) >= 11 is 5.21. The molecule has 0 saturated heterocycles. The summed E-state index contributed by atoms with van der Waals surface area (Å²) in [6.45, 7) is 0.452. The summed E-state index contributed by atoms with van der Waals surface area (Å²) in [7, 11) is 0. The number of anilines is 1. The van der Waals surface area contributed by atoms with Crippen molar-refractivity contribution in [3.63, 3.8) is 0 Å². The van der Waals surface area contributed by atoms with Crippen LogP contribution in [-0.4, -0.2) is 27.9 Å². The smallest absolute Gasteiger partial charge is 0.203 e. The van der Waals surface area contributed by atoms with Gasteiger partial charge in [-0.05, 0) is 17.8 Å². The van der Waals surface area contributed by atoms with Crippen molar-refractivity contribution >= 4 is 18.0 Å². The fourth-order valence-corrected chi connectivity index (χ4v) is 1.97. The molecule has 0 fully saturated rings. The largest absolute Gasteiger partial charge is 0.394 e. The zero-order chi connectivity index (χ0) is 13.7. The number of aromatic nitrogens is 2. The van der Waals surface area contributed by atoms with Crippen LogP contribution in [0.15, 0.2) is 36.4 Å². The minimum Gasteiger partial charge on any atom is -0.394 e. The Labute approximate surface area is 116 Å². The lowest BCUT2D eigenvalue weighted by Gasteiger charge is -2.14. The summed E-state index contributed by atoms with van der Waals surface area (Å²) < 4.78 is 7.42. The van der Waals surface area contributed by atoms with Gasteiger partial charge in [-0.15, -0.1) is 0 Å². The fraction of sp³-hybridized carbons (Fsp3) is 0.231. The van der Waals surface area contributed by atoms with E-state index in [0.29, 0.717) is 10.6 Å². The summed E-state index contributed by atoms with van der Waals surface area (Å²) in [5, 5.41) is 8.75. The molecule has 0 aliphatic carbocycles. The molecule has 1 heterocycles. The Balaban J connectivity index is 2.43. The number of aliphatic hydroxyl groups excluding tert-OH is 1. The van der Waals surface area contributed by atoms with Crippen LogP contribution in [0.1, 0.15) is 0 Å². The minimum atomic E-state index is -0.0314. The van der Waals surface area contributed by atoms with Crippen LogP contribution in [0.4, 0.5) is 5.82 Å². The first-order valence-electron chi connectivity index (χ1n) is 5.84. The average Bonchev–Trinajstić information content (AvgIpc) is 2.42. The molecule has 100 valence electrons. The lowest BCUT2D eigenvalue weighted by Crippen LogP contribution is -2.12. The molecule has 0 radical (unpaired) electrons. The molecule has 0 unspecified atom stereocenters. The van der Waals surface area contributed by atoms with E-state index in [-0.39, 0.29) is 19.9 Å². The molecule has 1 aromatic heterocycles. The third kappa shape index (κ3) is 3.37. The van der Waals surface area contributed by atoms with Gasteiger partial charge in [-0.2, -0.15) is 0 Å². The lowest BCUT2D eigenvalue weighted by molar-refractivity contribution is 0.0476. The van der Waals surface area contributed by atoms with E-state index in [2.05, 4.69) is 4.98 Å². The Morgan fingerprint density at radius 2 is 2.05 bits per heavy atom. The maximum absolute atomic E-state index is 8.75. The zero-order valence-corrected chi connectivity index (χ0v) is 11.1. The maximum Gasteiger partial charge on any atom is 0.203 e. The second-order valence-electron chi connectivity index (χ2n) is 3.90. The van der Waals surface area contributed by atoms with Gasteiger partial charge in [0.15, 0.2) is 0 Å². The zero-order valence-electron chi connectivity index (χ0n) is 10.3. The SMILES string of the molecule is Nc1cc(-c2ccccc2)n(COCCO)c(=S)n1. The molecule has 5 nitrogen and oxygen atoms in total. The molecule has 0 bridgehead atoms. The molecule has 0 aliphatic heterocycles. The number of ether oxygens (including phenoxy) is 1. The third-order valence-electron chi connectivity index (χ3n) is 2.56. The molecule has 6 heteroatoms. The van der Waals surface area contributed by atoms with E-state index >= 15 is 0 Å². The van der Waals surface area contributed by atoms with Crippen molar-refractivity contribution < 1.29 is 9.84 Å². The second kappa shape index (κ2) is 6.42. The van der Waals surface area contributed by atoms with Crippen LogP contribution in [0.3, 0.4) is 0 Å². The van der Waals surface area contributed by atoms with E-state index in [0.717, 1.165) is 11.3 Å². The van der Waals surface area contributed by atoms with Crippen molar-refractivity contribution in [2.45, 2.75) is 6.73 Å². The first-order chi connectivity index (χ1) is 9.22. The quantitative estimate of drug-likeness (QED) is 0.644. The van der Waals surface area contributed by atoms with Crippen molar-refractivity contribution in [3.8, 4) is 11.3 Å². The van der Waals surface area contributed by atoms with Gasteiger partial charge in [0.1, 0.15) is 12.5 Å². The molecule has 2 rings (SSSR count). The Morgan fingerprint density at radius 3 is 2.74 bits per heavy atom. The predicted octanol–water partition coefficient (Wildman–Crippen LogP) is 1.83. The molecular formula is C13H15N3O2S. The number of nitrogens with two attached hydrogens (primary N) is 1. The van der Waals surface area contributed by atoms with Crippen molar-refractivity contribution in [2.75, 3.05) is 18.9 Å². The number of benzene rings is 1. The topological polar surface area (TPSA) is 73.3 Å². The molecule has 0 amide bonds. The van der Waals surface area contributed by atoms with Gasteiger partial charge in [-0.1, -0.05) is 30.3 Å². The monoisotopic (exact) mass is 277 g/mol. The Hall–Kier alpha value is -1.76. The van der Waals surface area contributed by atoms with Crippen LogP contribution in [0.2, 0.25) is 0 Å². The molecule has 0 spiro atoms. The van der Waals surface area contributed by atoms with Crippen LogP contribution in [0.5, 0.6) is 0 Å². The van der Waals surface area contributed by atoms with E-state index < -0.39 is 0 Å². The summed E-state index contributed by atoms with van der Waals surface area (Å²) in [5.41, 5.74) is 7.57. The maximum atomic E-state index is 8.75. The van der Waals surface area contributed by atoms with Crippen molar-refractivity contribution in [1.29, 1.82) is 0 Å². The normalized spacial score (nSPS) is 10.6. The van der Waals surface area contributed by atoms with Crippen molar-refractivity contribution in [1.82, 2.24) is 9.55 Å². The second-order valence-corrected chi connectivity index (χ2v) is 4.27. The van der Waals surface area contributed by atoms with E-state index in [1.54, 1.807) is 10.6 Å². The Bertz CT molecular complexity index is 599.